The molecule has 0 saturated heterocycles. The second-order valence-corrected chi connectivity index (χ2v) is 7.95. The van der Waals surface area contributed by atoms with Gasteiger partial charge in [0.15, 0.2) is 0 Å². The van der Waals surface area contributed by atoms with Crippen molar-refractivity contribution in [3.63, 3.8) is 0 Å². The molecular formula is C20H24N2O3S. The molecule has 2 aromatic carbocycles. The molecule has 138 valence electrons. The van der Waals surface area contributed by atoms with Gasteiger partial charge in [-0.2, -0.15) is 0 Å². The SMILES string of the molecule is C=C(C)CN(CC)C(=O)c1ccc(S(=O)(=O)Nc2ccc(C)cc2)cc1. The fourth-order valence-electron chi connectivity index (χ4n) is 2.45. The van der Waals surface area contributed by atoms with Gasteiger partial charge in [-0.1, -0.05) is 29.8 Å². The van der Waals surface area contributed by atoms with Crippen LogP contribution in [0.2, 0.25) is 0 Å². The third kappa shape index (κ3) is 4.95. The summed E-state index contributed by atoms with van der Waals surface area (Å²) in [6, 6.07) is 13.0. The van der Waals surface area contributed by atoms with E-state index >= 15 is 0 Å². The Morgan fingerprint density at radius 2 is 1.65 bits per heavy atom. The molecule has 0 saturated carbocycles. The Morgan fingerprint density at radius 3 is 2.15 bits per heavy atom. The topological polar surface area (TPSA) is 66.5 Å². The van der Waals surface area contributed by atoms with Crippen LogP contribution in [0.3, 0.4) is 0 Å². The molecule has 6 heteroatoms. The molecule has 0 unspecified atom stereocenters. The second kappa shape index (κ2) is 8.19. The number of anilines is 1. The summed E-state index contributed by atoms with van der Waals surface area (Å²) in [5, 5.41) is 0. The van der Waals surface area contributed by atoms with Gasteiger partial charge in [0.1, 0.15) is 0 Å². The Bertz CT molecular complexity index is 886. The highest BCUT2D eigenvalue weighted by Crippen LogP contribution is 2.18. The molecule has 0 aromatic heterocycles. The highest BCUT2D eigenvalue weighted by molar-refractivity contribution is 7.92. The Kier molecular flexibility index (Phi) is 6.21. The number of carbonyl (C=O) groups is 1. The molecule has 0 aliphatic rings. The number of hydrogen-bond donors (Lipinski definition) is 1. The predicted octanol–water partition coefficient (Wildman–Crippen LogP) is 3.83. The van der Waals surface area contributed by atoms with Gasteiger partial charge in [0.25, 0.3) is 15.9 Å². The number of nitrogens with one attached hydrogen (secondary N) is 1. The molecule has 0 atom stereocenters. The van der Waals surface area contributed by atoms with Crippen LogP contribution in [0.25, 0.3) is 0 Å². The minimum Gasteiger partial charge on any atom is -0.335 e. The van der Waals surface area contributed by atoms with Gasteiger partial charge < -0.3 is 4.90 Å². The summed E-state index contributed by atoms with van der Waals surface area (Å²) < 4.78 is 27.5. The smallest absolute Gasteiger partial charge is 0.261 e. The van der Waals surface area contributed by atoms with Crippen molar-refractivity contribution in [2.75, 3.05) is 17.8 Å². The zero-order chi connectivity index (χ0) is 19.3. The molecule has 26 heavy (non-hydrogen) atoms. The number of hydrogen-bond acceptors (Lipinski definition) is 3. The number of rotatable bonds is 7. The van der Waals surface area contributed by atoms with Gasteiger partial charge in [-0.15, -0.1) is 0 Å². The maximum absolute atomic E-state index is 12.5. The third-order valence-corrected chi connectivity index (χ3v) is 5.24. The largest absolute Gasteiger partial charge is 0.335 e. The fraction of sp³-hybridized carbons (Fsp3) is 0.250. The summed E-state index contributed by atoms with van der Waals surface area (Å²) in [4.78, 5) is 14.3. The van der Waals surface area contributed by atoms with E-state index in [0.29, 0.717) is 24.3 Å². The number of sulfonamides is 1. The van der Waals surface area contributed by atoms with Crippen molar-refractivity contribution in [1.82, 2.24) is 4.90 Å². The molecule has 0 spiro atoms. The molecule has 0 bridgehead atoms. The minimum atomic E-state index is -3.70. The van der Waals surface area contributed by atoms with E-state index in [-0.39, 0.29) is 10.8 Å². The van der Waals surface area contributed by atoms with Crippen LogP contribution in [0.1, 0.15) is 29.8 Å². The first-order valence-corrected chi connectivity index (χ1v) is 9.84. The van der Waals surface area contributed by atoms with Gasteiger partial charge in [0, 0.05) is 24.3 Å². The summed E-state index contributed by atoms with van der Waals surface area (Å²) >= 11 is 0. The van der Waals surface area contributed by atoms with E-state index < -0.39 is 10.0 Å². The van der Waals surface area contributed by atoms with E-state index in [4.69, 9.17) is 0 Å². The predicted molar refractivity (Wildman–Crippen MR) is 105 cm³/mol. The zero-order valence-corrected chi connectivity index (χ0v) is 16.1. The van der Waals surface area contributed by atoms with E-state index in [1.165, 1.54) is 24.3 Å². The minimum absolute atomic E-state index is 0.109. The molecule has 0 fully saturated rings. The number of aryl methyl sites for hydroxylation is 1. The van der Waals surface area contributed by atoms with Crippen LogP contribution in [0.4, 0.5) is 5.69 Å². The maximum Gasteiger partial charge on any atom is 0.261 e. The molecule has 0 heterocycles. The average molecular weight is 372 g/mol. The van der Waals surface area contributed by atoms with Crippen LogP contribution in [-0.2, 0) is 10.0 Å². The van der Waals surface area contributed by atoms with Crippen LogP contribution >= 0.6 is 0 Å². The molecule has 0 aliphatic heterocycles. The zero-order valence-electron chi connectivity index (χ0n) is 15.3. The van der Waals surface area contributed by atoms with Crippen LogP contribution < -0.4 is 4.72 Å². The Hall–Kier alpha value is -2.60. The molecule has 1 amide bonds. The van der Waals surface area contributed by atoms with Gasteiger partial charge >= 0.3 is 0 Å². The molecule has 0 aliphatic carbocycles. The standard InChI is InChI=1S/C20H24N2O3S/c1-5-22(14-15(2)3)20(23)17-8-12-19(13-9-17)26(24,25)21-18-10-6-16(4)7-11-18/h6-13,21H,2,5,14H2,1,3-4H3. The fourth-order valence-corrected chi connectivity index (χ4v) is 3.51. The Morgan fingerprint density at radius 1 is 1.08 bits per heavy atom. The molecule has 2 aromatic rings. The van der Waals surface area contributed by atoms with Crippen LogP contribution in [0.15, 0.2) is 65.6 Å². The van der Waals surface area contributed by atoms with Crippen LogP contribution in [0.5, 0.6) is 0 Å². The molecule has 1 N–H and O–H groups in total. The first-order valence-electron chi connectivity index (χ1n) is 8.36. The van der Waals surface area contributed by atoms with E-state index in [1.807, 2.05) is 32.9 Å². The van der Waals surface area contributed by atoms with Gasteiger partial charge in [-0.25, -0.2) is 8.42 Å². The van der Waals surface area contributed by atoms with E-state index in [1.54, 1.807) is 17.0 Å². The lowest BCUT2D eigenvalue weighted by Gasteiger charge is -2.21. The van der Waals surface area contributed by atoms with Gasteiger partial charge in [0.05, 0.1) is 4.90 Å². The molecular weight excluding hydrogens is 348 g/mol. The van der Waals surface area contributed by atoms with Crippen molar-refractivity contribution >= 4 is 21.6 Å². The lowest BCUT2D eigenvalue weighted by Crippen LogP contribution is -2.32. The number of carbonyl (C=O) groups excluding carboxylic acids is 1. The second-order valence-electron chi connectivity index (χ2n) is 6.27. The van der Waals surface area contributed by atoms with Crippen molar-refractivity contribution in [3.05, 3.63) is 71.8 Å². The quantitative estimate of drug-likeness (QED) is 0.751. The number of likely N-dealkylation sites (N-methyl/N-ethyl adjacent to an activating group) is 1. The van der Waals surface area contributed by atoms with Gasteiger partial charge in [0.2, 0.25) is 0 Å². The summed E-state index contributed by atoms with van der Waals surface area (Å²) in [7, 11) is -3.70. The summed E-state index contributed by atoms with van der Waals surface area (Å²) in [5.41, 5.74) is 2.88. The normalized spacial score (nSPS) is 11.0. The van der Waals surface area contributed by atoms with E-state index in [2.05, 4.69) is 11.3 Å². The van der Waals surface area contributed by atoms with Gasteiger partial charge in [-0.3, -0.25) is 9.52 Å². The summed E-state index contributed by atoms with van der Waals surface area (Å²) in [6.07, 6.45) is 0. The van der Waals surface area contributed by atoms with Crippen molar-refractivity contribution in [2.45, 2.75) is 25.7 Å². The Balaban J connectivity index is 2.18. The van der Waals surface area contributed by atoms with E-state index in [0.717, 1.165) is 11.1 Å². The number of benzene rings is 2. The maximum atomic E-state index is 12.5. The van der Waals surface area contributed by atoms with Crippen molar-refractivity contribution in [3.8, 4) is 0 Å². The van der Waals surface area contributed by atoms with Crippen LogP contribution in [0, 0.1) is 6.92 Å². The molecule has 2 rings (SSSR count). The van der Waals surface area contributed by atoms with Gasteiger partial charge in [-0.05, 0) is 57.2 Å². The lowest BCUT2D eigenvalue weighted by atomic mass is 10.2. The first-order chi connectivity index (χ1) is 12.2. The van der Waals surface area contributed by atoms with Crippen molar-refractivity contribution in [1.29, 1.82) is 0 Å². The number of nitrogens with zero attached hydrogens (tertiary/aromatic N) is 1. The monoisotopic (exact) mass is 372 g/mol. The average Bonchev–Trinajstić information content (AvgIpc) is 2.61. The molecule has 0 radical (unpaired) electrons. The highest BCUT2D eigenvalue weighted by Gasteiger charge is 2.17. The highest BCUT2D eigenvalue weighted by atomic mass is 32.2. The number of amides is 1. The van der Waals surface area contributed by atoms with E-state index in [9.17, 15) is 13.2 Å². The van der Waals surface area contributed by atoms with Crippen LogP contribution in [-0.4, -0.2) is 32.3 Å². The lowest BCUT2D eigenvalue weighted by molar-refractivity contribution is 0.0778. The summed E-state index contributed by atoms with van der Waals surface area (Å²) in [6.45, 7) is 10.6. The third-order valence-electron chi connectivity index (χ3n) is 3.85. The first kappa shape index (κ1) is 19.7. The Labute approximate surface area is 155 Å². The van der Waals surface area contributed by atoms with Crippen molar-refractivity contribution < 1.29 is 13.2 Å². The van der Waals surface area contributed by atoms with Crippen molar-refractivity contribution in [2.24, 2.45) is 0 Å². The summed E-state index contributed by atoms with van der Waals surface area (Å²) in [5.74, 6) is -0.147. The molecule has 5 nitrogen and oxygen atoms in total.